The van der Waals surface area contributed by atoms with Crippen molar-refractivity contribution in [3.63, 3.8) is 0 Å². The zero-order valence-electron chi connectivity index (χ0n) is 18.0. The number of rotatable bonds is 3. The first kappa shape index (κ1) is 20.9. The van der Waals surface area contributed by atoms with Gasteiger partial charge in [0.1, 0.15) is 11.6 Å². The maximum absolute atomic E-state index is 13.9. The number of alkyl halides is 3. The van der Waals surface area contributed by atoms with Crippen LogP contribution in [0.3, 0.4) is 0 Å². The van der Waals surface area contributed by atoms with Gasteiger partial charge in [0, 0.05) is 17.8 Å². The summed E-state index contributed by atoms with van der Waals surface area (Å²) in [6, 6.07) is 3.10. The van der Waals surface area contributed by atoms with Crippen LogP contribution in [0, 0.1) is 0 Å². The van der Waals surface area contributed by atoms with E-state index in [0.29, 0.717) is 38.2 Å². The molecule has 4 unspecified atom stereocenters. The van der Waals surface area contributed by atoms with Crippen molar-refractivity contribution >= 4 is 17.6 Å². The Bertz CT molecular complexity index is 987. The number of fused-ring (bicyclic) bond motifs is 4. The molecule has 4 saturated heterocycles. The molecule has 11 heteroatoms. The molecule has 0 aromatic carbocycles. The van der Waals surface area contributed by atoms with E-state index in [9.17, 15) is 13.2 Å². The maximum atomic E-state index is 13.9. The fourth-order valence-corrected chi connectivity index (χ4v) is 5.68. The Morgan fingerprint density at radius 1 is 0.848 bits per heavy atom. The van der Waals surface area contributed by atoms with Crippen molar-refractivity contribution in [2.24, 2.45) is 0 Å². The van der Waals surface area contributed by atoms with Gasteiger partial charge in [-0.25, -0.2) is 9.97 Å². The highest BCUT2D eigenvalue weighted by molar-refractivity contribution is 5.70. The summed E-state index contributed by atoms with van der Waals surface area (Å²) in [4.78, 5) is 17.8. The Morgan fingerprint density at radius 2 is 1.42 bits per heavy atom. The van der Waals surface area contributed by atoms with Crippen molar-refractivity contribution in [2.45, 2.75) is 56.0 Å². The lowest BCUT2D eigenvalue weighted by Crippen LogP contribution is -2.48. The molecule has 4 fully saturated rings. The van der Waals surface area contributed by atoms with Gasteiger partial charge in [-0.15, -0.1) is 0 Å². The average Bonchev–Trinajstić information content (AvgIpc) is 3.19. The van der Waals surface area contributed by atoms with Gasteiger partial charge >= 0.3 is 6.18 Å². The lowest BCUT2D eigenvalue weighted by atomic mass is 10.1. The van der Waals surface area contributed by atoms with Crippen molar-refractivity contribution < 1.29 is 22.6 Å². The van der Waals surface area contributed by atoms with Crippen LogP contribution in [-0.4, -0.2) is 65.5 Å². The summed E-state index contributed by atoms with van der Waals surface area (Å²) >= 11 is 0. The van der Waals surface area contributed by atoms with Gasteiger partial charge in [0.05, 0.1) is 61.9 Å². The lowest BCUT2D eigenvalue weighted by Gasteiger charge is -2.38. The topological polar surface area (TPSA) is 89.6 Å². The van der Waals surface area contributed by atoms with E-state index in [2.05, 4.69) is 19.8 Å². The van der Waals surface area contributed by atoms with Crippen molar-refractivity contribution in [3.8, 4) is 11.3 Å². The zero-order valence-corrected chi connectivity index (χ0v) is 18.0. The van der Waals surface area contributed by atoms with Crippen LogP contribution in [0.4, 0.5) is 30.8 Å². The van der Waals surface area contributed by atoms with E-state index in [-0.39, 0.29) is 41.2 Å². The number of morpholine rings is 2. The minimum absolute atomic E-state index is 0.0946. The summed E-state index contributed by atoms with van der Waals surface area (Å²) in [5.41, 5.74) is 4.86. The van der Waals surface area contributed by atoms with E-state index < -0.39 is 11.7 Å². The predicted molar refractivity (Wildman–Crippen MR) is 115 cm³/mol. The molecule has 0 radical (unpaired) electrons. The average molecular weight is 462 g/mol. The highest BCUT2D eigenvalue weighted by Gasteiger charge is 2.42. The van der Waals surface area contributed by atoms with Gasteiger partial charge < -0.3 is 25.0 Å². The van der Waals surface area contributed by atoms with E-state index >= 15 is 0 Å². The summed E-state index contributed by atoms with van der Waals surface area (Å²) in [6.45, 7) is 2.31. The SMILES string of the molecule is Nc1cc(C(F)(F)F)c(-c2cc(N3C4CCC3COC4)nc(N3C4CCC3COC4)n2)cn1. The molecular weight excluding hydrogens is 437 g/mol. The Hall–Kier alpha value is -2.66. The number of hydrogen-bond acceptors (Lipinski definition) is 8. The Kier molecular flexibility index (Phi) is 4.88. The van der Waals surface area contributed by atoms with Gasteiger partial charge in [-0.1, -0.05) is 0 Å². The summed E-state index contributed by atoms with van der Waals surface area (Å²) in [5, 5.41) is 0. The molecule has 8 nitrogen and oxygen atoms in total. The normalized spacial score (nSPS) is 29.1. The fourth-order valence-electron chi connectivity index (χ4n) is 5.68. The second-order valence-corrected chi connectivity index (χ2v) is 9.22. The minimum Gasteiger partial charge on any atom is -0.384 e. The quantitative estimate of drug-likeness (QED) is 0.745. The summed E-state index contributed by atoms with van der Waals surface area (Å²) < 4.78 is 53.1. The fraction of sp³-hybridized carbons (Fsp3) is 0.591. The van der Waals surface area contributed by atoms with Crippen LogP contribution >= 0.6 is 0 Å². The molecule has 4 bridgehead atoms. The van der Waals surface area contributed by atoms with Crippen molar-refractivity contribution in [3.05, 3.63) is 23.9 Å². The number of nitrogens with two attached hydrogens (primary N) is 1. The van der Waals surface area contributed by atoms with Crippen LogP contribution in [0.5, 0.6) is 0 Å². The molecule has 0 spiro atoms. The molecule has 176 valence electrons. The second-order valence-electron chi connectivity index (χ2n) is 9.22. The number of ether oxygens (including phenoxy) is 2. The number of nitrogen functional groups attached to an aromatic ring is 1. The molecule has 2 N–H and O–H groups in total. The molecule has 4 atom stereocenters. The first-order chi connectivity index (χ1) is 15.9. The smallest absolute Gasteiger partial charge is 0.384 e. The first-order valence-corrected chi connectivity index (χ1v) is 11.3. The van der Waals surface area contributed by atoms with E-state index in [1.165, 1.54) is 0 Å². The van der Waals surface area contributed by atoms with Crippen molar-refractivity contribution in [1.29, 1.82) is 0 Å². The molecule has 6 heterocycles. The molecule has 0 aliphatic carbocycles. The summed E-state index contributed by atoms with van der Waals surface area (Å²) in [7, 11) is 0. The Balaban J connectivity index is 1.51. The summed E-state index contributed by atoms with van der Waals surface area (Å²) in [6.07, 6.45) is 0.420. The molecule has 2 aromatic rings. The highest BCUT2D eigenvalue weighted by atomic mass is 19.4. The largest absolute Gasteiger partial charge is 0.417 e. The second kappa shape index (κ2) is 7.69. The van der Waals surface area contributed by atoms with Gasteiger partial charge in [-0.2, -0.15) is 18.2 Å². The lowest BCUT2D eigenvalue weighted by molar-refractivity contribution is -0.137. The predicted octanol–water partition coefficient (Wildman–Crippen LogP) is 2.87. The third-order valence-electron chi connectivity index (χ3n) is 7.18. The van der Waals surface area contributed by atoms with Gasteiger partial charge in [-0.05, 0) is 31.7 Å². The number of hydrogen-bond donors (Lipinski definition) is 1. The molecule has 4 aliphatic rings. The number of aromatic nitrogens is 3. The first-order valence-electron chi connectivity index (χ1n) is 11.3. The monoisotopic (exact) mass is 462 g/mol. The maximum Gasteiger partial charge on any atom is 0.417 e. The van der Waals surface area contributed by atoms with Gasteiger partial charge in [-0.3, -0.25) is 0 Å². The van der Waals surface area contributed by atoms with Crippen LogP contribution in [0.25, 0.3) is 11.3 Å². The van der Waals surface area contributed by atoms with Gasteiger partial charge in [0.25, 0.3) is 0 Å². The molecule has 6 rings (SSSR count). The molecule has 4 aliphatic heterocycles. The Morgan fingerprint density at radius 3 is 2.00 bits per heavy atom. The van der Waals surface area contributed by atoms with Crippen molar-refractivity contribution in [1.82, 2.24) is 15.0 Å². The molecule has 0 saturated carbocycles. The zero-order chi connectivity index (χ0) is 22.7. The Labute approximate surface area is 188 Å². The van der Waals surface area contributed by atoms with Crippen molar-refractivity contribution in [2.75, 3.05) is 42.0 Å². The third-order valence-corrected chi connectivity index (χ3v) is 7.18. The van der Waals surface area contributed by atoms with E-state index in [1.807, 2.05) is 0 Å². The van der Waals surface area contributed by atoms with E-state index in [0.717, 1.165) is 37.9 Å². The van der Waals surface area contributed by atoms with E-state index in [1.54, 1.807) is 6.07 Å². The standard InChI is InChI=1S/C22H25F3N6O2/c23-22(24,25)17-5-19(26)27-7-16(17)18-6-20(30-12-1-2-13(30)9-32-8-12)29-21(28-18)31-14-3-4-15(31)11-33-10-14/h5-7,12-15H,1-4,8-11H2,(H2,26,27). The van der Waals surface area contributed by atoms with Gasteiger partial charge in [0.15, 0.2) is 0 Å². The van der Waals surface area contributed by atoms with Crippen LogP contribution in [-0.2, 0) is 15.7 Å². The number of nitrogens with zero attached hydrogens (tertiary/aromatic N) is 5. The molecular formula is C22H25F3N6O2. The molecule has 33 heavy (non-hydrogen) atoms. The van der Waals surface area contributed by atoms with Crippen LogP contribution in [0.15, 0.2) is 18.3 Å². The van der Waals surface area contributed by atoms with Crippen LogP contribution in [0.1, 0.15) is 31.2 Å². The number of pyridine rings is 1. The van der Waals surface area contributed by atoms with Gasteiger partial charge in [0.2, 0.25) is 5.95 Å². The van der Waals surface area contributed by atoms with Crippen LogP contribution in [0.2, 0.25) is 0 Å². The third kappa shape index (κ3) is 3.57. The van der Waals surface area contributed by atoms with Crippen LogP contribution < -0.4 is 15.5 Å². The number of anilines is 3. The summed E-state index contributed by atoms with van der Waals surface area (Å²) in [5.74, 6) is 0.911. The molecule has 0 amide bonds. The highest BCUT2D eigenvalue weighted by Crippen LogP contribution is 2.41. The minimum atomic E-state index is -4.59. The number of halogens is 3. The van der Waals surface area contributed by atoms with E-state index in [4.69, 9.17) is 20.2 Å². The molecule has 2 aromatic heterocycles.